The van der Waals surface area contributed by atoms with Crippen LogP contribution in [0.2, 0.25) is 0 Å². The molecule has 0 aliphatic carbocycles. The van der Waals surface area contributed by atoms with Crippen LogP contribution in [-0.4, -0.2) is 35.0 Å². The first-order valence-electron chi connectivity index (χ1n) is 8.47. The van der Waals surface area contributed by atoms with Crippen molar-refractivity contribution in [1.82, 2.24) is 15.2 Å². The van der Waals surface area contributed by atoms with Gasteiger partial charge in [-0.2, -0.15) is 0 Å². The van der Waals surface area contributed by atoms with Gasteiger partial charge in [-0.05, 0) is 24.3 Å². The van der Waals surface area contributed by atoms with Crippen LogP contribution in [0, 0.1) is 11.3 Å². The topological polar surface area (TPSA) is 71.5 Å². The van der Waals surface area contributed by atoms with E-state index in [1.165, 1.54) is 4.90 Å². The second-order valence-corrected chi connectivity index (χ2v) is 7.39. The fourth-order valence-corrected chi connectivity index (χ4v) is 2.81. The van der Waals surface area contributed by atoms with Crippen LogP contribution in [0.3, 0.4) is 0 Å². The van der Waals surface area contributed by atoms with E-state index < -0.39 is 0 Å². The van der Waals surface area contributed by atoms with Gasteiger partial charge in [-0.3, -0.25) is 9.69 Å². The molecule has 1 saturated heterocycles. The van der Waals surface area contributed by atoms with Crippen LogP contribution in [-0.2, 0) is 11.3 Å². The van der Waals surface area contributed by atoms with E-state index in [4.69, 9.17) is 4.74 Å². The third-order valence-electron chi connectivity index (χ3n) is 3.84. The molecule has 0 aromatic carbocycles. The van der Waals surface area contributed by atoms with Gasteiger partial charge >= 0.3 is 6.03 Å². The number of ether oxygens (including phenoxy) is 1. The zero-order valence-electron chi connectivity index (χ0n) is 15.0. The van der Waals surface area contributed by atoms with Gasteiger partial charge in [-0.1, -0.05) is 33.8 Å². The van der Waals surface area contributed by atoms with Crippen molar-refractivity contribution in [2.24, 2.45) is 11.3 Å². The predicted molar refractivity (Wildman–Crippen MR) is 91.5 cm³/mol. The summed E-state index contributed by atoms with van der Waals surface area (Å²) in [5.74, 6) is 0.163. The van der Waals surface area contributed by atoms with Crippen LogP contribution in [0.15, 0.2) is 18.3 Å². The van der Waals surface area contributed by atoms with Gasteiger partial charge in [0.2, 0.25) is 11.8 Å². The Bertz CT molecular complexity index is 595. The number of hydrogen-bond donors (Lipinski definition) is 1. The van der Waals surface area contributed by atoms with Gasteiger partial charge in [0.25, 0.3) is 0 Å². The molecule has 2 heterocycles. The van der Waals surface area contributed by atoms with E-state index in [9.17, 15) is 9.59 Å². The van der Waals surface area contributed by atoms with E-state index in [1.54, 1.807) is 12.3 Å². The molecular weight excluding hydrogens is 306 g/mol. The summed E-state index contributed by atoms with van der Waals surface area (Å²) in [7, 11) is 0. The lowest BCUT2D eigenvalue weighted by Gasteiger charge is -2.34. The Hall–Kier alpha value is -2.11. The Balaban J connectivity index is 2.15. The van der Waals surface area contributed by atoms with E-state index in [-0.39, 0.29) is 29.8 Å². The SMILES string of the molecule is CCCOc1ncccc1CN1C(=O)NCC(CC(C)(C)C)C1=O. The summed E-state index contributed by atoms with van der Waals surface area (Å²) in [4.78, 5) is 30.4. The van der Waals surface area contributed by atoms with Crippen molar-refractivity contribution in [2.75, 3.05) is 13.2 Å². The summed E-state index contributed by atoms with van der Waals surface area (Å²) in [6.07, 6.45) is 3.25. The zero-order chi connectivity index (χ0) is 17.7. The number of aromatic nitrogens is 1. The van der Waals surface area contributed by atoms with Crippen molar-refractivity contribution >= 4 is 11.9 Å². The molecule has 0 saturated carbocycles. The zero-order valence-corrected chi connectivity index (χ0v) is 15.0. The molecule has 1 atom stereocenters. The molecule has 2 rings (SSSR count). The summed E-state index contributed by atoms with van der Waals surface area (Å²) < 4.78 is 5.62. The molecular formula is C18H27N3O3. The third kappa shape index (κ3) is 4.69. The number of imide groups is 1. The molecule has 3 amide bonds. The quantitative estimate of drug-likeness (QED) is 0.869. The van der Waals surface area contributed by atoms with Gasteiger partial charge in [-0.15, -0.1) is 0 Å². The maximum atomic E-state index is 12.7. The Labute approximate surface area is 143 Å². The lowest BCUT2D eigenvalue weighted by atomic mass is 9.83. The number of carbonyl (C=O) groups is 2. The van der Waals surface area contributed by atoms with Crippen molar-refractivity contribution in [1.29, 1.82) is 0 Å². The molecule has 0 radical (unpaired) electrons. The largest absolute Gasteiger partial charge is 0.477 e. The first kappa shape index (κ1) is 18.2. The average molecular weight is 333 g/mol. The minimum absolute atomic E-state index is 0.0256. The van der Waals surface area contributed by atoms with Crippen LogP contribution in [0.4, 0.5) is 4.79 Å². The van der Waals surface area contributed by atoms with Gasteiger partial charge in [0.1, 0.15) is 0 Å². The number of nitrogens with zero attached hydrogens (tertiary/aromatic N) is 2. The number of pyridine rings is 1. The van der Waals surface area contributed by atoms with Crippen LogP contribution in [0.5, 0.6) is 5.88 Å². The van der Waals surface area contributed by atoms with Gasteiger partial charge in [0.05, 0.1) is 19.1 Å². The van der Waals surface area contributed by atoms with Crippen molar-refractivity contribution in [3.05, 3.63) is 23.9 Å². The maximum absolute atomic E-state index is 12.7. The number of hydrogen-bond acceptors (Lipinski definition) is 4. The lowest BCUT2D eigenvalue weighted by Crippen LogP contribution is -2.54. The second-order valence-electron chi connectivity index (χ2n) is 7.39. The van der Waals surface area contributed by atoms with Gasteiger partial charge in [0, 0.05) is 18.3 Å². The molecule has 0 spiro atoms. The Morgan fingerprint density at radius 1 is 1.38 bits per heavy atom. The van der Waals surface area contributed by atoms with E-state index in [2.05, 4.69) is 31.1 Å². The number of amides is 3. The van der Waals surface area contributed by atoms with Gasteiger partial charge in [-0.25, -0.2) is 9.78 Å². The Morgan fingerprint density at radius 3 is 2.79 bits per heavy atom. The maximum Gasteiger partial charge on any atom is 0.324 e. The molecule has 132 valence electrons. The average Bonchev–Trinajstić information content (AvgIpc) is 2.52. The molecule has 1 aromatic heterocycles. The number of rotatable bonds is 6. The standard InChI is InChI=1S/C18H27N3O3/c1-5-9-24-15-13(7-6-8-19-15)12-21-16(22)14(10-18(2,3)4)11-20-17(21)23/h6-8,14H,5,9-12H2,1-4H3,(H,20,23). The molecule has 6 nitrogen and oxygen atoms in total. The predicted octanol–water partition coefficient (Wildman–Crippen LogP) is 2.97. The fourth-order valence-electron chi connectivity index (χ4n) is 2.81. The molecule has 0 bridgehead atoms. The summed E-state index contributed by atoms with van der Waals surface area (Å²) in [5, 5.41) is 2.82. The van der Waals surface area contributed by atoms with Crippen LogP contribution < -0.4 is 10.1 Å². The minimum atomic E-state index is -0.351. The number of urea groups is 1. The molecule has 1 N–H and O–H groups in total. The molecule has 24 heavy (non-hydrogen) atoms. The molecule has 1 aliphatic heterocycles. The minimum Gasteiger partial charge on any atom is -0.477 e. The third-order valence-corrected chi connectivity index (χ3v) is 3.84. The summed E-state index contributed by atoms with van der Waals surface area (Å²) in [5.41, 5.74) is 0.767. The fraction of sp³-hybridized carbons (Fsp3) is 0.611. The molecule has 1 unspecified atom stereocenters. The summed E-state index contributed by atoms with van der Waals surface area (Å²) >= 11 is 0. The Kier molecular flexibility index (Phi) is 5.80. The van der Waals surface area contributed by atoms with E-state index in [0.717, 1.165) is 18.4 Å². The van der Waals surface area contributed by atoms with Crippen LogP contribution in [0.25, 0.3) is 0 Å². The van der Waals surface area contributed by atoms with E-state index in [0.29, 0.717) is 19.0 Å². The molecule has 1 fully saturated rings. The van der Waals surface area contributed by atoms with E-state index >= 15 is 0 Å². The monoisotopic (exact) mass is 333 g/mol. The first-order chi connectivity index (χ1) is 11.3. The highest BCUT2D eigenvalue weighted by Gasteiger charge is 2.36. The summed E-state index contributed by atoms with van der Waals surface area (Å²) in [6.45, 7) is 9.44. The normalized spacial score (nSPS) is 18.5. The molecule has 1 aliphatic rings. The highest BCUT2D eigenvalue weighted by Crippen LogP contribution is 2.28. The van der Waals surface area contributed by atoms with Gasteiger partial charge < -0.3 is 10.1 Å². The van der Waals surface area contributed by atoms with Crippen molar-refractivity contribution in [2.45, 2.75) is 47.1 Å². The highest BCUT2D eigenvalue weighted by molar-refractivity contribution is 5.98. The van der Waals surface area contributed by atoms with Crippen molar-refractivity contribution in [3.63, 3.8) is 0 Å². The second kappa shape index (κ2) is 7.64. The molecule has 1 aromatic rings. The van der Waals surface area contributed by atoms with Crippen molar-refractivity contribution < 1.29 is 14.3 Å². The summed E-state index contributed by atoms with van der Waals surface area (Å²) in [6, 6.07) is 3.27. The lowest BCUT2D eigenvalue weighted by molar-refractivity contribution is -0.135. The van der Waals surface area contributed by atoms with E-state index in [1.807, 2.05) is 13.0 Å². The highest BCUT2D eigenvalue weighted by atomic mass is 16.5. The smallest absolute Gasteiger partial charge is 0.324 e. The first-order valence-corrected chi connectivity index (χ1v) is 8.47. The number of nitrogens with one attached hydrogen (secondary N) is 1. The molecule has 6 heteroatoms. The van der Waals surface area contributed by atoms with Crippen molar-refractivity contribution in [3.8, 4) is 5.88 Å². The Morgan fingerprint density at radius 2 is 2.12 bits per heavy atom. The van der Waals surface area contributed by atoms with Crippen LogP contribution in [0.1, 0.15) is 46.1 Å². The van der Waals surface area contributed by atoms with Crippen LogP contribution >= 0.6 is 0 Å². The van der Waals surface area contributed by atoms with Gasteiger partial charge in [0.15, 0.2) is 0 Å². The number of carbonyl (C=O) groups excluding carboxylic acids is 2.